The number of nitrogens with zero attached hydrogens (tertiary/aromatic N) is 3. The van der Waals surface area contributed by atoms with Crippen molar-refractivity contribution in [2.45, 2.75) is 33.2 Å². The predicted octanol–water partition coefficient (Wildman–Crippen LogP) is 5.17. The van der Waals surface area contributed by atoms with Crippen LogP contribution >= 0.6 is 22.9 Å². The molecule has 1 aliphatic heterocycles. The maximum atomic E-state index is 13.1. The maximum Gasteiger partial charge on any atom is 0.296 e. The maximum absolute atomic E-state index is 13.1. The van der Waals surface area contributed by atoms with Gasteiger partial charge in [-0.1, -0.05) is 42.9 Å². The summed E-state index contributed by atoms with van der Waals surface area (Å²) in [5, 5.41) is 11.7. The van der Waals surface area contributed by atoms with Crippen LogP contribution < -0.4 is 4.90 Å². The van der Waals surface area contributed by atoms with Crippen molar-refractivity contribution >= 4 is 50.0 Å². The zero-order valence-corrected chi connectivity index (χ0v) is 18.3. The third kappa shape index (κ3) is 3.48. The second-order valence-corrected chi connectivity index (χ2v) is 9.13. The summed E-state index contributed by atoms with van der Waals surface area (Å²) < 4.78 is 0.867. The van der Waals surface area contributed by atoms with E-state index in [0.717, 1.165) is 10.3 Å². The average molecular weight is 442 g/mol. The third-order valence-corrected chi connectivity index (χ3v) is 6.39. The van der Waals surface area contributed by atoms with E-state index in [1.165, 1.54) is 16.2 Å². The smallest absolute Gasteiger partial charge is 0.296 e. The predicted molar refractivity (Wildman–Crippen MR) is 118 cm³/mol. The zero-order chi connectivity index (χ0) is 21.6. The lowest BCUT2D eigenvalue weighted by Crippen LogP contribution is -2.31. The number of amides is 1. The first-order chi connectivity index (χ1) is 14.3. The average Bonchev–Trinajstić information content (AvgIpc) is 3.20. The first-order valence-electron chi connectivity index (χ1n) is 9.54. The van der Waals surface area contributed by atoms with Gasteiger partial charge in [0.1, 0.15) is 0 Å². The molecule has 1 aromatic carbocycles. The van der Waals surface area contributed by atoms with Gasteiger partial charge in [0, 0.05) is 23.8 Å². The van der Waals surface area contributed by atoms with Crippen molar-refractivity contribution in [3.63, 3.8) is 0 Å². The number of halogens is 1. The number of pyridine rings is 1. The Morgan fingerprint density at radius 2 is 2.13 bits per heavy atom. The second kappa shape index (κ2) is 7.81. The van der Waals surface area contributed by atoms with E-state index in [2.05, 4.69) is 9.97 Å². The minimum atomic E-state index is -0.783. The standard InChI is InChI=1S/C22H20ClN3O3S/c1-11(2)7-16(27)18-19(13-5-4-6-24-10-13)26(21(29)20(18)28)22-25-15-9-14(23)12(3)8-17(15)30-22/h4-6,8-11,19,28H,7H2,1-3H3. The van der Waals surface area contributed by atoms with Crippen molar-refractivity contribution in [3.8, 4) is 0 Å². The van der Waals surface area contributed by atoms with Gasteiger partial charge < -0.3 is 5.11 Å². The summed E-state index contributed by atoms with van der Waals surface area (Å²) in [6, 6.07) is 6.41. The van der Waals surface area contributed by atoms with Gasteiger partial charge in [0.15, 0.2) is 16.7 Å². The highest BCUT2D eigenvalue weighted by molar-refractivity contribution is 7.22. The van der Waals surface area contributed by atoms with Crippen LogP contribution in [0.1, 0.15) is 37.4 Å². The SMILES string of the molecule is Cc1cc2sc(N3C(=O)C(O)=C(C(=O)CC(C)C)C3c3cccnc3)nc2cc1Cl. The van der Waals surface area contributed by atoms with E-state index < -0.39 is 17.7 Å². The number of benzene rings is 1. The number of carbonyl (C=O) groups is 2. The Kier molecular flexibility index (Phi) is 5.34. The first-order valence-corrected chi connectivity index (χ1v) is 10.7. The molecular formula is C22H20ClN3O3S. The summed E-state index contributed by atoms with van der Waals surface area (Å²) in [7, 11) is 0. The Bertz CT molecular complexity index is 1150. The molecule has 0 radical (unpaired) electrons. The second-order valence-electron chi connectivity index (χ2n) is 7.71. The van der Waals surface area contributed by atoms with Crippen molar-refractivity contribution in [2.75, 3.05) is 4.90 Å². The topological polar surface area (TPSA) is 83.4 Å². The number of thiazole rings is 1. The molecule has 0 saturated carbocycles. The van der Waals surface area contributed by atoms with Gasteiger partial charge in [-0.2, -0.15) is 0 Å². The molecule has 0 aliphatic carbocycles. The summed E-state index contributed by atoms with van der Waals surface area (Å²) in [5.41, 5.74) is 2.29. The van der Waals surface area contributed by atoms with Crippen molar-refractivity contribution in [2.24, 2.45) is 5.92 Å². The lowest BCUT2D eigenvalue weighted by atomic mass is 9.93. The Labute approximate surface area is 182 Å². The molecule has 6 nitrogen and oxygen atoms in total. The fourth-order valence-corrected chi connectivity index (χ4v) is 4.79. The molecule has 0 bridgehead atoms. The number of anilines is 1. The van der Waals surface area contributed by atoms with Crippen LogP contribution in [0, 0.1) is 12.8 Å². The van der Waals surface area contributed by atoms with Gasteiger partial charge >= 0.3 is 0 Å². The summed E-state index contributed by atoms with van der Waals surface area (Å²) >= 11 is 7.54. The van der Waals surface area contributed by atoms with E-state index in [1.54, 1.807) is 30.6 Å². The molecule has 1 amide bonds. The van der Waals surface area contributed by atoms with Crippen LogP contribution in [0.25, 0.3) is 10.2 Å². The van der Waals surface area contributed by atoms with Crippen LogP contribution in [0.4, 0.5) is 5.13 Å². The number of ketones is 1. The molecule has 3 aromatic rings. The normalized spacial score (nSPS) is 16.9. The highest BCUT2D eigenvalue weighted by atomic mass is 35.5. The highest BCUT2D eigenvalue weighted by Gasteiger charge is 2.45. The molecule has 30 heavy (non-hydrogen) atoms. The molecule has 4 rings (SSSR count). The number of aromatic nitrogens is 2. The van der Waals surface area contributed by atoms with Crippen LogP contribution in [0.15, 0.2) is 48.0 Å². The fraction of sp³-hybridized carbons (Fsp3) is 0.273. The van der Waals surface area contributed by atoms with Crippen molar-refractivity contribution in [3.05, 3.63) is 64.1 Å². The molecule has 154 valence electrons. The Hall–Kier alpha value is -2.77. The number of rotatable bonds is 5. The van der Waals surface area contributed by atoms with Crippen molar-refractivity contribution in [1.29, 1.82) is 0 Å². The van der Waals surface area contributed by atoms with E-state index in [-0.39, 0.29) is 23.7 Å². The lowest BCUT2D eigenvalue weighted by molar-refractivity contribution is -0.118. The minimum absolute atomic E-state index is 0.0871. The molecule has 3 heterocycles. The van der Waals surface area contributed by atoms with Gasteiger partial charge in [0.25, 0.3) is 5.91 Å². The van der Waals surface area contributed by atoms with Gasteiger partial charge in [0.05, 0.1) is 21.8 Å². The first kappa shape index (κ1) is 20.5. The van der Waals surface area contributed by atoms with Crippen LogP contribution in [-0.4, -0.2) is 26.8 Å². The quantitative estimate of drug-likeness (QED) is 0.590. The Balaban J connectivity index is 1.86. The van der Waals surface area contributed by atoms with E-state index in [0.29, 0.717) is 21.2 Å². The number of carbonyl (C=O) groups excluding carboxylic acids is 2. The molecule has 0 fully saturated rings. The Morgan fingerprint density at radius 3 is 2.80 bits per heavy atom. The minimum Gasteiger partial charge on any atom is -0.503 e. The largest absolute Gasteiger partial charge is 0.503 e. The summed E-state index contributed by atoms with van der Waals surface area (Å²) in [5.74, 6) is -1.34. The van der Waals surface area contributed by atoms with Gasteiger partial charge in [-0.25, -0.2) is 4.98 Å². The molecule has 1 atom stereocenters. The van der Waals surface area contributed by atoms with Crippen LogP contribution in [-0.2, 0) is 9.59 Å². The lowest BCUT2D eigenvalue weighted by Gasteiger charge is -2.24. The molecule has 2 aromatic heterocycles. The van der Waals surface area contributed by atoms with Crippen molar-refractivity contribution < 1.29 is 14.7 Å². The molecule has 1 unspecified atom stereocenters. The number of aryl methyl sites for hydroxylation is 1. The van der Waals surface area contributed by atoms with Crippen LogP contribution in [0.3, 0.4) is 0 Å². The molecule has 8 heteroatoms. The van der Waals surface area contributed by atoms with E-state index in [4.69, 9.17) is 11.6 Å². The number of hydrogen-bond acceptors (Lipinski definition) is 6. The van der Waals surface area contributed by atoms with Gasteiger partial charge in [-0.05, 0) is 42.2 Å². The summed E-state index contributed by atoms with van der Waals surface area (Å²) in [6.45, 7) is 5.74. The molecule has 1 N–H and O–H groups in total. The molecule has 0 saturated heterocycles. The highest BCUT2D eigenvalue weighted by Crippen LogP contribution is 2.44. The van der Waals surface area contributed by atoms with E-state index in [9.17, 15) is 14.7 Å². The van der Waals surface area contributed by atoms with Gasteiger partial charge in [-0.3, -0.25) is 19.5 Å². The number of fused-ring (bicyclic) bond motifs is 1. The van der Waals surface area contributed by atoms with Gasteiger partial charge in [-0.15, -0.1) is 0 Å². The van der Waals surface area contributed by atoms with Crippen LogP contribution in [0.5, 0.6) is 0 Å². The van der Waals surface area contributed by atoms with Crippen LogP contribution in [0.2, 0.25) is 5.02 Å². The van der Waals surface area contributed by atoms with E-state index >= 15 is 0 Å². The molecule has 1 aliphatic rings. The van der Waals surface area contributed by atoms with E-state index in [1.807, 2.05) is 26.8 Å². The fourth-order valence-electron chi connectivity index (χ4n) is 3.56. The Morgan fingerprint density at radius 1 is 1.37 bits per heavy atom. The monoisotopic (exact) mass is 441 g/mol. The number of Topliss-reactive ketones (excluding diaryl/α,β-unsaturated/α-hetero) is 1. The number of hydrogen-bond donors (Lipinski definition) is 1. The summed E-state index contributed by atoms with van der Waals surface area (Å²) in [6.07, 6.45) is 3.44. The van der Waals surface area contributed by atoms with Gasteiger partial charge in [0.2, 0.25) is 0 Å². The summed E-state index contributed by atoms with van der Waals surface area (Å²) in [4.78, 5) is 36.2. The molecular weight excluding hydrogens is 422 g/mol. The number of aliphatic hydroxyl groups is 1. The van der Waals surface area contributed by atoms with Crippen molar-refractivity contribution in [1.82, 2.24) is 9.97 Å². The zero-order valence-electron chi connectivity index (χ0n) is 16.7. The number of aliphatic hydroxyl groups excluding tert-OH is 1. The third-order valence-electron chi connectivity index (χ3n) is 4.97. The molecule has 0 spiro atoms.